The number of nitriles is 1. The first-order valence-electron chi connectivity index (χ1n) is 5.26. The van der Waals surface area contributed by atoms with Gasteiger partial charge in [0, 0.05) is 13.1 Å². The van der Waals surface area contributed by atoms with Crippen LogP contribution in [0.25, 0.3) is 0 Å². The van der Waals surface area contributed by atoms with Crippen LogP contribution in [-0.2, 0) is 14.3 Å². The van der Waals surface area contributed by atoms with E-state index in [0.29, 0.717) is 6.54 Å². The van der Waals surface area contributed by atoms with Gasteiger partial charge in [-0.3, -0.25) is 10.1 Å². The number of aliphatic carboxylic acids is 1. The van der Waals surface area contributed by atoms with Gasteiger partial charge in [-0.05, 0) is 6.92 Å². The number of nitrogens with zero attached hydrogens (tertiary/aromatic N) is 2. The number of carbonyl (C=O) groups is 3. The summed E-state index contributed by atoms with van der Waals surface area (Å²) in [6.07, 6.45) is 0.172. The molecule has 0 fully saturated rings. The quantitative estimate of drug-likeness (QED) is 0.638. The van der Waals surface area contributed by atoms with Crippen LogP contribution in [0, 0.1) is 11.3 Å². The summed E-state index contributed by atoms with van der Waals surface area (Å²) in [5.41, 5.74) is 0. The smallest absolute Gasteiger partial charge is 0.329 e. The number of hydrogen-bond acceptors (Lipinski definition) is 5. The number of urea groups is 1. The summed E-state index contributed by atoms with van der Waals surface area (Å²) in [5, 5.41) is 18.7. The van der Waals surface area contributed by atoms with E-state index in [2.05, 4.69) is 4.74 Å². The number of nitrogens with one attached hydrogen (secondary N) is 1. The summed E-state index contributed by atoms with van der Waals surface area (Å²) < 4.78 is 4.52. The highest BCUT2D eigenvalue weighted by molar-refractivity contribution is 5.95. The Balaban J connectivity index is 4.00. The summed E-state index contributed by atoms with van der Waals surface area (Å²) >= 11 is 0. The fourth-order valence-electron chi connectivity index (χ4n) is 1.05. The fraction of sp³-hybridized carbons (Fsp3) is 0.600. The third-order valence-corrected chi connectivity index (χ3v) is 1.87. The maximum Gasteiger partial charge on any atom is 0.329 e. The molecule has 8 heteroatoms. The Bertz CT molecular complexity index is 350. The number of hydrogen-bond donors (Lipinski definition) is 2. The molecule has 0 saturated heterocycles. The van der Waals surface area contributed by atoms with Gasteiger partial charge in [-0.15, -0.1) is 0 Å². The minimum atomic E-state index is -1.20. The molecule has 0 aromatic rings. The highest BCUT2D eigenvalue weighted by Gasteiger charge is 2.14. The third-order valence-electron chi connectivity index (χ3n) is 1.87. The zero-order chi connectivity index (χ0) is 14.0. The Kier molecular flexibility index (Phi) is 7.89. The molecule has 0 aliphatic heterocycles. The molecule has 0 unspecified atom stereocenters. The van der Waals surface area contributed by atoms with Gasteiger partial charge in [-0.2, -0.15) is 5.26 Å². The van der Waals surface area contributed by atoms with Crippen LogP contribution >= 0.6 is 0 Å². The first kappa shape index (κ1) is 15.9. The molecule has 0 aliphatic rings. The van der Waals surface area contributed by atoms with Crippen molar-refractivity contribution in [2.24, 2.45) is 0 Å². The lowest BCUT2D eigenvalue weighted by atomic mass is 10.4. The van der Waals surface area contributed by atoms with Gasteiger partial charge in [0.15, 0.2) is 0 Å². The molecule has 0 aromatic heterocycles. The maximum atomic E-state index is 11.5. The van der Waals surface area contributed by atoms with Crippen molar-refractivity contribution in [2.75, 3.05) is 26.3 Å². The van der Waals surface area contributed by atoms with Crippen molar-refractivity contribution < 1.29 is 24.2 Å². The van der Waals surface area contributed by atoms with Crippen molar-refractivity contribution in [3.05, 3.63) is 0 Å². The minimum Gasteiger partial charge on any atom is -0.480 e. The molecule has 0 radical (unpaired) electrons. The monoisotopic (exact) mass is 257 g/mol. The second kappa shape index (κ2) is 8.95. The van der Waals surface area contributed by atoms with Gasteiger partial charge in [0.1, 0.15) is 13.2 Å². The van der Waals surface area contributed by atoms with Gasteiger partial charge in [0.05, 0.1) is 12.5 Å². The van der Waals surface area contributed by atoms with E-state index < -0.39 is 31.1 Å². The van der Waals surface area contributed by atoms with Crippen molar-refractivity contribution in [3.63, 3.8) is 0 Å². The number of amides is 3. The molecule has 3 amide bonds. The topological polar surface area (TPSA) is 120 Å². The predicted octanol–water partition coefficient (Wildman–Crippen LogP) is -0.441. The molecule has 0 heterocycles. The largest absolute Gasteiger partial charge is 0.480 e. The van der Waals surface area contributed by atoms with Crippen molar-refractivity contribution in [1.82, 2.24) is 10.2 Å². The molecular weight excluding hydrogens is 242 g/mol. The Morgan fingerprint density at radius 1 is 1.39 bits per heavy atom. The molecule has 0 rings (SSSR count). The molecule has 0 atom stereocenters. The van der Waals surface area contributed by atoms with Crippen LogP contribution in [0.5, 0.6) is 0 Å². The SMILES string of the molecule is CCN(CCC#N)C(=O)NC(=O)COCC(=O)O. The maximum absolute atomic E-state index is 11.5. The summed E-state index contributed by atoms with van der Waals surface area (Å²) in [7, 11) is 0. The summed E-state index contributed by atoms with van der Waals surface area (Å²) in [6, 6.07) is 1.26. The number of imide groups is 1. The Labute approximate surface area is 104 Å². The Morgan fingerprint density at radius 3 is 2.56 bits per heavy atom. The molecule has 100 valence electrons. The normalized spacial score (nSPS) is 9.33. The van der Waals surface area contributed by atoms with E-state index in [1.807, 2.05) is 11.4 Å². The van der Waals surface area contributed by atoms with E-state index in [-0.39, 0.29) is 13.0 Å². The highest BCUT2D eigenvalue weighted by atomic mass is 16.5. The summed E-state index contributed by atoms with van der Waals surface area (Å²) in [6.45, 7) is 1.18. The van der Waals surface area contributed by atoms with Crippen LogP contribution in [0.3, 0.4) is 0 Å². The number of carboxylic acid groups (broad SMARTS) is 1. The van der Waals surface area contributed by atoms with E-state index in [0.717, 1.165) is 0 Å². The molecule has 0 aliphatic carbocycles. The Morgan fingerprint density at radius 2 is 2.06 bits per heavy atom. The molecule has 0 spiro atoms. The first-order valence-corrected chi connectivity index (χ1v) is 5.26. The van der Waals surface area contributed by atoms with Crippen molar-refractivity contribution in [1.29, 1.82) is 5.26 Å². The van der Waals surface area contributed by atoms with Crippen LogP contribution in [-0.4, -0.2) is 54.2 Å². The number of ether oxygens (including phenoxy) is 1. The lowest BCUT2D eigenvalue weighted by Crippen LogP contribution is -2.44. The molecule has 2 N–H and O–H groups in total. The standard InChI is InChI=1S/C10H15N3O5/c1-2-13(5-3-4-11)10(17)12-8(14)6-18-7-9(15)16/h2-3,5-7H2,1H3,(H,15,16)(H,12,14,17). The molecule has 8 nitrogen and oxygen atoms in total. The Hall–Kier alpha value is -2.14. The van der Waals surface area contributed by atoms with Gasteiger partial charge in [0.25, 0.3) is 5.91 Å². The van der Waals surface area contributed by atoms with Gasteiger partial charge in [-0.25, -0.2) is 9.59 Å². The third kappa shape index (κ3) is 7.19. The lowest BCUT2D eigenvalue weighted by Gasteiger charge is -2.19. The number of carboxylic acids is 1. The van der Waals surface area contributed by atoms with Gasteiger partial charge < -0.3 is 14.7 Å². The average molecular weight is 257 g/mol. The molecular formula is C10H15N3O5. The van der Waals surface area contributed by atoms with Crippen molar-refractivity contribution >= 4 is 17.9 Å². The molecule has 0 aromatic carbocycles. The van der Waals surface area contributed by atoms with Gasteiger partial charge in [0.2, 0.25) is 0 Å². The van der Waals surface area contributed by atoms with E-state index >= 15 is 0 Å². The van der Waals surface area contributed by atoms with E-state index in [1.54, 1.807) is 6.92 Å². The highest BCUT2D eigenvalue weighted by Crippen LogP contribution is 1.92. The predicted molar refractivity (Wildman–Crippen MR) is 59.5 cm³/mol. The van der Waals surface area contributed by atoms with E-state index in [9.17, 15) is 14.4 Å². The second-order valence-electron chi connectivity index (χ2n) is 3.23. The second-order valence-corrected chi connectivity index (χ2v) is 3.23. The zero-order valence-electron chi connectivity index (χ0n) is 10.0. The number of carbonyl (C=O) groups excluding carboxylic acids is 2. The van der Waals surface area contributed by atoms with Crippen LogP contribution < -0.4 is 5.32 Å². The minimum absolute atomic E-state index is 0.172. The molecule has 0 saturated carbocycles. The van der Waals surface area contributed by atoms with Crippen LogP contribution in [0.2, 0.25) is 0 Å². The van der Waals surface area contributed by atoms with E-state index in [1.165, 1.54) is 4.90 Å². The zero-order valence-corrected chi connectivity index (χ0v) is 10.0. The van der Waals surface area contributed by atoms with Gasteiger partial charge in [-0.1, -0.05) is 0 Å². The lowest BCUT2D eigenvalue weighted by molar-refractivity contribution is -0.143. The number of rotatable bonds is 7. The summed E-state index contributed by atoms with van der Waals surface area (Å²) in [5.74, 6) is -1.92. The first-order chi connectivity index (χ1) is 8.51. The van der Waals surface area contributed by atoms with Crippen LogP contribution in [0.15, 0.2) is 0 Å². The average Bonchev–Trinajstić information content (AvgIpc) is 2.29. The fourth-order valence-corrected chi connectivity index (χ4v) is 1.05. The molecule has 18 heavy (non-hydrogen) atoms. The van der Waals surface area contributed by atoms with Crippen LogP contribution in [0.4, 0.5) is 4.79 Å². The van der Waals surface area contributed by atoms with Crippen molar-refractivity contribution in [2.45, 2.75) is 13.3 Å². The van der Waals surface area contributed by atoms with E-state index in [4.69, 9.17) is 10.4 Å². The summed E-state index contributed by atoms with van der Waals surface area (Å²) in [4.78, 5) is 34.1. The molecule has 0 bridgehead atoms. The van der Waals surface area contributed by atoms with Crippen molar-refractivity contribution in [3.8, 4) is 6.07 Å². The van der Waals surface area contributed by atoms with Crippen LogP contribution in [0.1, 0.15) is 13.3 Å². The van der Waals surface area contributed by atoms with Gasteiger partial charge >= 0.3 is 12.0 Å².